The lowest BCUT2D eigenvalue weighted by molar-refractivity contribution is -0.122. The normalized spacial score (nSPS) is 15.5. The number of ether oxygens (including phenoxy) is 1. The van der Waals surface area contributed by atoms with E-state index in [9.17, 15) is 14.0 Å². The molecule has 0 spiro atoms. The summed E-state index contributed by atoms with van der Waals surface area (Å²) in [5.41, 5.74) is 2.13. The Morgan fingerprint density at radius 3 is 2.45 bits per heavy atom. The molecule has 2 N–H and O–H groups in total. The van der Waals surface area contributed by atoms with Crippen LogP contribution in [0, 0.1) is 12.7 Å². The Morgan fingerprint density at radius 1 is 1.07 bits per heavy atom. The molecule has 5 nitrogen and oxygen atoms in total. The molecule has 0 aliphatic carbocycles. The van der Waals surface area contributed by atoms with E-state index in [0.29, 0.717) is 26.1 Å². The number of rotatable bonds is 7. The van der Waals surface area contributed by atoms with Crippen LogP contribution in [0.15, 0.2) is 48.5 Å². The van der Waals surface area contributed by atoms with Crippen molar-refractivity contribution in [3.63, 3.8) is 0 Å². The van der Waals surface area contributed by atoms with Crippen molar-refractivity contribution >= 4 is 29.3 Å². The maximum atomic E-state index is 13.3. The van der Waals surface area contributed by atoms with Crippen molar-refractivity contribution in [2.75, 3.05) is 30.0 Å². The number of halogens is 1. The van der Waals surface area contributed by atoms with Gasteiger partial charge < -0.3 is 15.4 Å². The van der Waals surface area contributed by atoms with Crippen molar-refractivity contribution in [2.24, 2.45) is 0 Å². The van der Waals surface area contributed by atoms with Crippen LogP contribution >= 0.6 is 11.8 Å². The number of thioether (sulfide) groups is 1. The summed E-state index contributed by atoms with van der Waals surface area (Å²) >= 11 is 1.26. The van der Waals surface area contributed by atoms with E-state index >= 15 is 0 Å². The van der Waals surface area contributed by atoms with Crippen LogP contribution < -0.4 is 10.6 Å². The standard InChI is InChI=1S/C22H25FN2O3S/c1-16-3-2-4-19(13-16)24-20(26)14-29-15-21(27)25-22(9-11-28-12-10-22)17-5-7-18(23)8-6-17/h2-8,13H,9-12,14-15H2,1H3,(H,24,26)(H,25,27). The summed E-state index contributed by atoms with van der Waals surface area (Å²) in [6, 6.07) is 13.8. The Bertz CT molecular complexity index is 851. The number of hydrogen-bond donors (Lipinski definition) is 2. The first-order valence-electron chi connectivity index (χ1n) is 9.56. The summed E-state index contributed by atoms with van der Waals surface area (Å²) in [7, 11) is 0. The van der Waals surface area contributed by atoms with Crippen LogP contribution in [-0.4, -0.2) is 36.5 Å². The molecule has 0 atom stereocenters. The van der Waals surface area contributed by atoms with Gasteiger partial charge in [-0.05, 0) is 55.2 Å². The molecule has 0 aromatic heterocycles. The molecular formula is C22H25FN2O3S. The van der Waals surface area contributed by atoms with Crippen molar-refractivity contribution in [2.45, 2.75) is 25.3 Å². The van der Waals surface area contributed by atoms with Gasteiger partial charge in [-0.3, -0.25) is 9.59 Å². The van der Waals surface area contributed by atoms with Gasteiger partial charge in [0.1, 0.15) is 5.82 Å². The van der Waals surface area contributed by atoms with Gasteiger partial charge in [-0.2, -0.15) is 0 Å². The topological polar surface area (TPSA) is 67.4 Å². The minimum absolute atomic E-state index is 0.146. The van der Waals surface area contributed by atoms with Crippen molar-refractivity contribution < 1.29 is 18.7 Å². The van der Waals surface area contributed by atoms with Crippen LogP contribution in [0.4, 0.5) is 10.1 Å². The molecule has 0 saturated carbocycles. The molecule has 2 aromatic carbocycles. The molecule has 1 heterocycles. The summed E-state index contributed by atoms with van der Waals surface area (Å²) in [4.78, 5) is 24.7. The molecule has 0 bridgehead atoms. The van der Waals surface area contributed by atoms with E-state index in [-0.39, 0.29) is 29.1 Å². The number of hydrogen-bond acceptors (Lipinski definition) is 4. The number of carbonyl (C=O) groups excluding carboxylic acids is 2. The average molecular weight is 417 g/mol. The molecule has 1 fully saturated rings. The summed E-state index contributed by atoms with van der Waals surface area (Å²) in [6.07, 6.45) is 1.26. The third kappa shape index (κ3) is 6.05. The minimum Gasteiger partial charge on any atom is -0.381 e. The SMILES string of the molecule is Cc1cccc(NC(=O)CSCC(=O)NC2(c3ccc(F)cc3)CCOCC2)c1. The van der Waals surface area contributed by atoms with Gasteiger partial charge in [-0.25, -0.2) is 4.39 Å². The lowest BCUT2D eigenvalue weighted by Gasteiger charge is -2.38. The zero-order valence-corrected chi connectivity index (χ0v) is 17.2. The second-order valence-electron chi connectivity index (χ2n) is 7.16. The van der Waals surface area contributed by atoms with Crippen LogP contribution in [0.25, 0.3) is 0 Å². The summed E-state index contributed by atoms with van der Waals surface area (Å²) in [5, 5.41) is 5.94. The van der Waals surface area contributed by atoms with E-state index < -0.39 is 5.54 Å². The Hall–Kier alpha value is -2.38. The van der Waals surface area contributed by atoms with Crippen molar-refractivity contribution in [3.05, 3.63) is 65.5 Å². The van der Waals surface area contributed by atoms with Crippen molar-refractivity contribution in [3.8, 4) is 0 Å². The summed E-state index contributed by atoms with van der Waals surface area (Å²) < 4.78 is 18.8. The molecular weight excluding hydrogens is 391 g/mol. The Morgan fingerprint density at radius 2 is 1.76 bits per heavy atom. The molecule has 3 rings (SSSR count). The van der Waals surface area contributed by atoms with Gasteiger partial charge >= 0.3 is 0 Å². The Labute approximate surface area is 174 Å². The number of benzene rings is 2. The summed E-state index contributed by atoms with van der Waals surface area (Å²) in [5.74, 6) is -0.242. The van der Waals surface area contributed by atoms with E-state index in [1.165, 1.54) is 23.9 Å². The molecule has 29 heavy (non-hydrogen) atoms. The third-order valence-corrected chi connectivity index (χ3v) is 5.82. The number of nitrogens with one attached hydrogen (secondary N) is 2. The monoisotopic (exact) mass is 416 g/mol. The first-order valence-corrected chi connectivity index (χ1v) is 10.7. The zero-order chi connectivity index (χ0) is 20.7. The van der Waals surface area contributed by atoms with Gasteiger partial charge in [0, 0.05) is 18.9 Å². The molecule has 7 heteroatoms. The van der Waals surface area contributed by atoms with E-state index in [0.717, 1.165) is 16.8 Å². The van der Waals surface area contributed by atoms with Gasteiger partial charge in [0.25, 0.3) is 0 Å². The van der Waals surface area contributed by atoms with E-state index in [1.54, 1.807) is 12.1 Å². The maximum Gasteiger partial charge on any atom is 0.234 e. The predicted molar refractivity (Wildman–Crippen MR) is 113 cm³/mol. The van der Waals surface area contributed by atoms with E-state index in [4.69, 9.17) is 4.74 Å². The van der Waals surface area contributed by atoms with Gasteiger partial charge in [0.2, 0.25) is 11.8 Å². The zero-order valence-electron chi connectivity index (χ0n) is 16.4. The lowest BCUT2D eigenvalue weighted by Crippen LogP contribution is -2.50. The first-order chi connectivity index (χ1) is 14.0. The molecule has 2 aromatic rings. The predicted octanol–water partition coefficient (Wildman–Crippen LogP) is 3.63. The average Bonchev–Trinajstić information content (AvgIpc) is 2.69. The highest BCUT2D eigenvalue weighted by atomic mass is 32.2. The largest absolute Gasteiger partial charge is 0.381 e. The number of carbonyl (C=O) groups is 2. The van der Waals surface area contributed by atoms with E-state index in [2.05, 4.69) is 10.6 Å². The van der Waals surface area contributed by atoms with Crippen molar-refractivity contribution in [1.29, 1.82) is 0 Å². The highest BCUT2D eigenvalue weighted by Crippen LogP contribution is 2.32. The molecule has 2 amide bonds. The van der Waals surface area contributed by atoms with Gasteiger partial charge in [0.05, 0.1) is 17.0 Å². The fourth-order valence-corrected chi connectivity index (χ4v) is 4.05. The Balaban J connectivity index is 1.52. The second-order valence-corrected chi connectivity index (χ2v) is 8.15. The third-order valence-electron chi connectivity index (χ3n) is 4.89. The highest BCUT2D eigenvalue weighted by molar-refractivity contribution is 8.00. The Kier molecular flexibility index (Phi) is 7.28. The quantitative estimate of drug-likeness (QED) is 0.723. The molecule has 154 valence electrons. The van der Waals surface area contributed by atoms with Gasteiger partial charge in [-0.15, -0.1) is 11.8 Å². The van der Waals surface area contributed by atoms with Crippen LogP contribution in [-0.2, 0) is 19.9 Å². The fraction of sp³-hybridized carbons (Fsp3) is 0.364. The van der Waals surface area contributed by atoms with Crippen molar-refractivity contribution in [1.82, 2.24) is 5.32 Å². The molecule has 1 aliphatic rings. The summed E-state index contributed by atoms with van der Waals surface area (Å²) in [6.45, 7) is 3.02. The molecule has 0 radical (unpaired) electrons. The van der Waals surface area contributed by atoms with Gasteiger partial charge in [0.15, 0.2) is 0 Å². The van der Waals surface area contributed by atoms with Crippen LogP contribution in [0.3, 0.4) is 0 Å². The number of amides is 2. The highest BCUT2D eigenvalue weighted by Gasteiger charge is 2.35. The van der Waals surface area contributed by atoms with Crippen LogP contribution in [0.2, 0.25) is 0 Å². The number of aryl methyl sites for hydroxylation is 1. The first kappa shape index (κ1) is 21.3. The van der Waals surface area contributed by atoms with E-state index in [1.807, 2.05) is 31.2 Å². The molecule has 1 saturated heterocycles. The number of anilines is 1. The van der Waals surface area contributed by atoms with Crippen LogP contribution in [0.5, 0.6) is 0 Å². The van der Waals surface area contributed by atoms with Crippen LogP contribution in [0.1, 0.15) is 24.0 Å². The minimum atomic E-state index is -0.562. The second kappa shape index (κ2) is 9.89. The van der Waals surface area contributed by atoms with Gasteiger partial charge in [-0.1, -0.05) is 24.3 Å². The molecule has 1 aliphatic heterocycles. The maximum absolute atomic E-state index is 13.3. The lowest BCUT2D eigenvalue weighted by atomic mass is 9.82. The molecule has 0 unspecified atom stereocenters. The smallest absolute Gasteiger partial charge is 0.234 e. The fourth-order valence-electron chi connectivity index (χ4n) is 3.43.